The number of hydrogen-bond acceptors (Lipinski definition) is 5. The lowest BCUT2D eigenvalue weighted by Gasteiger charge is -2.09. The van der Waals surface area contributed by atoms with Crippen LogP contribution in [-0.4, -0.2) is 27.2 Å². The molecule has 102 valence electrons. The molecule has 0 aliphatic heterocycles. The molecule has 0 bridgehead atoms. The minimum Gasteiger partial charge on any atom is -0.436 e. The van der Waals surface area contributed by atoms with E-state index in [9.17, 15) is 0 Å². The van der Waals surface area contributed by atoms with Crippen molar-refractivity contribution in [1.29, 1.82) is 0 Å². The Balaban J connectivity index is 2.09. The van der Waals surface area contributed by atoms with Gasteiger partial charge in [0.05, 0.1) is 11.2 Å². The van der Waals surface area contributed by atoms with Gasteiger partial charge in [-0.15, -0.1) is 0 Å². The molecular weight excluding hydrogens is 346 g/mol. The summed E-state index contributed by atoms with van der Waals surface area (Å²) in [6, 6.07) is 5.35. The maximum Gasteiger partial charge on any atom is 0.235 e. The number of halogens is 2. The maximum atomic E-state index is 6.12. The number of rotatable bonds is 3. The molecule has 0 aliphatic rings. The van der Waals surface area contributed by atoms with Gasteiger partial charge in [0.15, 0.2) is 5.65 Å². The molecule has 0 saturated heterocycles. The topological polar surface area (TPSA) is 75.7 Å². The standard InChI is InChI=1S/C12H9BrClN5O/c1-15-12-17-10-7(5-16-19-10)11(18-12)20-9-4-6(13)2-3-8(9)14/h2-5H,1H3,(H2,15,16,17,18,19). The SMILES string of the molecule is CNc1nc(Oc2cc(Br)ccc2Cl)c2cn[nH]c2n1. The summed E-state index contributed by atoms with van der Waals surface area (Å²) in [5, 5.41) is 10.8. The van der Waals surface area contributed by atoms with Crippen molar-refractivity contribution >= 4 is 44.5 Å². The minimum absolute atomic E-state index is 0.383. The van der Waals surface area contributed by atoms with Gasteiger partial charge < -0.3 is 10.1 Å². The van der Waals surface area contributed by atoms with Crippen LogP contribution in [0.1, 0.15) is 0 Å². The molecule has 0 amide bonds. The van der Waals surface area contributed by atoms with E-state index in [1.807, 2.05) is 6.07 Å². The van der Waals surface area contributed by atoms with E-state index in [1.165, 1.54) is 0 Å². The van der Waals surface area contributed by atoms with Crippen molar-refractivity contribution in [2.24, 2.45) is 0 Å². The van der Waals surface area contributed by atoms with Gasteiger partial charge in [-0.2, -0.15) is 15.1 Å². The molecule has 6 nitrogen and oxygen atoms in total. The predicted octanol–water partition coefficient (Wildman–Crippen LogP) is 3.60. The van der Waals surface area contributed by atoms with E-state index < -0.39 is 0 Å². The van der Waals surface area contributed by atoms with Gasteiger partial charge in [0, 0.05) is 11.5 Å². The summed E-state index contributed by atoms with van der Waals surface area (Å²) in [5.41, 5.74) is 0.588. The fourth-order valence-electron chi connectivity index (χ4n) is 1.66. The number of H-pyrrole nitrogens is 1. The number of ether oxygens (including phenoxy) is 1. The van der Waals surface area contributed by atoms with Crippen LogP contribution in [0.3, 0.4) is 0 Å². The zero-order chi connectivity index (χ0) is 14.1. The first kappa shape index (κ1) is 13.1. The van der Waals surface area contributed by atoms with Crippen molar-refractivity contribution < 1.29 is 4.74 Å². The van der Waals surface area contributed by atoms with Gasteiger partial charge in [0.1, 0.15) is 11.1 Å². The molecule has 0 spiro atoms. The molecule has 0 unspecified atom stereocenters. The lowest BCUT2D eigenvalue weighted by atomic mass is 10.3. The molecular formula is C12H9BrClN5O. The van der Waals surface area contributed by atoms with Gasteiger partial charge in [-0.3, -0.25) is 5.10 Å². The van der Waals surface area contributed by atoms with Crippen LogP contribution < -0.4 is 10.1 Å². The van der Waals surface area contributed by atoms with Crippen molar-refractivity contribution in [3.05, 3.63) is 33.9 Å². The largest absolute Gasteiger partial charge is 0.436 e. The first-order valence-corrected chi connectivity index (χ1v) is 6.86. The van der Waals surface area contributed by atoms with E-state index in [2.05, 4.69) is 41.4 Å². The van der Waals surface area contributed by atoms with Crippen molar-refractivity contribution in [3.8, 4) is 11.6 Å². The number of aromatic nitrogens is 4. The third-order valence-electron chi connectivity index (χ3n) is 2.60. The van der Waals surface area contributed by atoms with Gasteiger partial charge in [0.25, 0.3) is 0 Å². The third-order valence-corrected chi connectivity index (χ3v) is 3.40. The molecule has 0 atom stereocenters. The summed E-state index contributed by atoms with van der Waals surface area (Å²) >= 11 is 9.49. The van der Waals surface area contributed by atoms with E-state index in [4.69, 9.17) is 16.3 Å². The van der Waals surface area contributed by atoms with Crippen LogP contribution >= 0.6 is 27.5 Å². The van der Waals surface area contributed by atoms with E-state index in [1.54, 1.807) is 25.4 Å². The Kier molecular flexibility index (Phi) is 3.45. The van der Waals surface area contributed by atoms with Gasteiger partial charge >= 0.3 is 0 Å². The Morgan fingerprint density at radius 3 is 3.00 bits per heavy atom. The summed E-state index contributed by atoms with van der Waals surface area (Å²) in [6.45, 7) is 0. The molecule has 3 aromatic rings. The Labute approximate surface area is 127 Å². The van der Waals surface area contributed by atoms with Crippen LogP contribution in [0.5, 0.6) is 11.6 Å². The number of aromatic amines is 1. The summed E-state index contributed by atoms with van der Waals surface area (Å²) in [4.78, 5) is 8.51. The summed E-state index contributed by atoms with van der Waals surface area (Å²) < 4.78 is 6.66. The average molecular weight is 355 g/mol. The smallest absolute Gasteiger partial charge is 0.235 e. The summed E-state index contributed by atoms with van der Waals surface area (Å²) in [6.07, 6.45) is 1.61. The molecule has 0 saturated carbocycles. The van der Waals surface area contributed by atoms with Crippen molar-refractivity contribution in [3.63, 3.8) is 0 Å². The van der Waals surface area contributed by atoms with Crippen molar-refractivity contribution in [2.75, 3.05) is 12.4 Å². The number of nitrogens with zero attached hydrogens (tertiary/aromatic N) is 3. The highest BCUT2D eigenvalue weighted by atomic mass is 79.9. The van der Waals surface area contributed by atoms with Gasteiger partial charge in [-0.1, -0.05) is 27.5 Å². The highest BCUT2D eigenvalue weighted by Crippen LogP contribution is 2.34. The number of anilines is 1. The van der Waals surface area contributed by atoms with Gasteiger partial charge in [-0.25, -0.2) is 0 Å². The van der Waals surface area contributed by atoms with Crippen LogP contribution in [0.15, 0.2) is 28.9 Å². The predicted molar refractivity (Wildman–Crippen MR) is 80.5 cm³/mol. The normalized spacial score (nSPS) is 10.8. The Morgan fingerprint density at radius 1 is 1.35 bits per heavy atom. The number of benzene rings is 1. The van der Waals surface area contributed by atoms with E-state index >= 15 is 0 Å². The molecule has 0 fully saturated rings. The zero-order valence-corrected chi connectivity index (χ0v) is 12.7. The van der Waals surface area contributed by atoms with E-state index in [-0.39, 0.29) is 0 Å². The number of hydrogen-bond donors (Lipinski definition) is 2. The van der Waals surface area contributed by atoms with Crippen LogP contribution in [0.4, 0.5) is 5.95 Å². The zero-order valence-electron chi connectivity index (χ0n) is 10.3. The minimum atomic E-state index is 0.383. The molecule has 2 heterocycles. The van der Waals surface area contributed by atoms with E-state index in [0.29, 0.717) is 33.6 Å². The number of nitrogens with one attached hydrogen (secondary N) is 2. The van der Waals surface area contributed by atoms with Crippen LogP contribution in [0, 0.1) is 0 Å². The van der Waals surface area contributed by atoms with Gasteiger partial charge in [0.2, 0.25) is 11.8 Å². The number of fused-ring (bicyclic) bond motifs is 1. The van der Waals surface area contributed by atoms with Crippen molar-refractivity contribution in [1.82, 2.24) is 20.2 Å². The fourth-order valence-corrected chi connectivity index (χ4v) is 2.15. The molecule has 0 radical (unpaired) electrons. The van der Waals surface area contributed by atoms with Gasteiger partial charge in [-0.05, 0) is 18.2 Å². The second-order valence-corrected chi connectivity index (χ2v) is 5.23. The highest BCUT2D eigenvalue weighted by Gasteiger charge is 2.13. The fraction of sp³-hybridized carbons (Fsp3) is 0.0833. The molecule has 1 aromatic carbocycles. The summed E-state index contributed by atoms with van der Waals surface area (Å²) in [7, 11) is 1.73. The molecule has 3 rings (SSSR count). The van der Waals surface area contributed by atoms with Crippen molar-refractivity contribution in [2.45, 2.75) is 0 Å². The lowest BCUT2D eigenvalue weighted by Crippen LogP contribution is -1.99. The average Bonchev–Trinajstić information content (AvgIpc) is 2.91. The first-order valence-electron chi connectivity index (χ1n) is 5.69. The van der Waals surface area contributed by atoms with E-state index in [0.717, 1.165) is 4.47 Å². The Morgan fingerprint density at radius 2 is 2.20 bits per heavy atom. The monoisotopic (exact) mass is 353 g/mol. The lowest BCUT2D eigenvalue weighted by molar-refractivity contribution is 0.469. The van der Waals surface area contributed by atoms with Crippen LogP contribution in [0.25, 0.3) is 11.0 Å². The second-order valence-electron chi connectivity index (χ2n) is 3.91. The molecule has 2 N–H and O–H groups in total. The van der Waals surface area contributed by atoms with Crippen LogP contribution in [0.2, 0.25) is 5.02 Å². The van der Waals surface area contributed by atoms with Crippen LogP contribution in [-0.2, 0) is 0 Å². The Hall–Kier alpha value is -1.86. The molecule has 8 heteroatoms. The summed E-state index contributed by atoms with van der Waals surface area (Å²) in [5.74, 6) is 1.32. The molecule has 2 aromatic heterocycles. The second kappa shape index (κ2) is 5.26. The Bertz CT molecular complexity index is 776. The highest BCUT2D eigenvalue weighted by molar-refractivity contribution is 9.10. The molecule has 0 aliphatic carbocycles. The maximum absolute atomic E-state index is 6.12. The first-order chi connectivity index (χ1) is 9.67. The third kappa shape index (κ3) is 2.41. The molecule has 20 heavy (non-hydrogen) atoms. The quantitative estimate of drug-likeness (QED) is 0.751.